The van der Waals surface area contributed by atoms with Gasteiger partial charge < -0.3 is 4.90 Å². The molecule has 3 fully saturated rings. The number of benzene rings is 1. The molecule has 1 heterocycles. The van der Waals surface area contributed by atoms with Crippen LogP contribution < -0.4 is 4.90 Å². The normalized spacial score (nSPS) is 23.7. The van der Waals surface area contributed by atoms with E-state index in [2.05, 4.69) is 47.9 Å². The minimum atomic E-state index is 0. The van der Waals surface area contributed by atoms with Crippen LogP contribution in [0.25, 0.3) is 0 Å². The fraction of sp³-hybridized carbons (Fsp3) is 0.727. The van der Waals surface area contributed by atoms with Crippen LogP contribution in [0.1, 0.15) is 63.9 Å². The van der Waals surface area contributed by atoms with Gasteiger partial charge in [-0.3, -0.25) is 4.90 Å². The summed E-state index contributed by atoms with van der Waals surface area (Å²) >= 11 is 0. The van der Waals surface area contributed by atoms with Gasteiger partial charge in [0.2, 0.25) is 0 Å². The molecule has 1 aromatic rings. The highest BCUT2D eigenvalue weighted by molar-refractivity contribution is 5.85. The molecular formula is C22H35ClN2. The number of hydrogen-bond donors (Lipinski definition) is 0. The van der Waals surface area contributed by atoms with Crippen molar-refractivity contribution in [2.75, 3.05) is 37.6 Å². The smallest absolute Gasteiger partial charge is 0.0402 e. The Morgan fingerprint density at radius 3 is 2.20 bits per heavy atom. The van der Waals surface area contributed by atoms with Crippen LogP contribution in [0.2, 0.25) is 0 Å². The highest BCUT2D eigenvalue weighted by Gasteiger charge is 2.45. The third-order valence-electron chi connectivity index (χ3n) is 6.72. The van der Waals surface area contributed by atoms with Crippen LogP contribution >= 0.6 is 12.4 Å². The topological polar surface area (TPSA) is 6.48 Å². The summed E-state index contributed by atoms with van der Waals surface area (Å²) in [7, 11) is 0. The molecular weight excluding hydrogens is 328 g/mol. The average molecular weight is 363 g/mol. The van der Waals surface area contributed by atoms with E-state index in [1.54, 1.807) is 11.3 Å². The standard InChI is InChI=1S/C22H34N2.ClH/c1-18(2)17-23-13-15-24(16-14-23)21-6-4-3-5-20(21)19-7-9-22(10-8-19)11-12-22;/h3-6,18-19H,7-17H2,1-2H3;1H. The number of hydrogen-bond acceptors (Lipinski definition) is 2. The van der Waals surface area contributed by atoms with Gasteiger partial charge in [0.15, 0.2) is 0 Å². The second-order valence-electron chi connectivity index (χ2n) is 9.01. The van der Waals surface area contributed by atoms with E-state index in [0.29, 0.717) is 0 Å². The van der Waals surface area contributed by atoms with Gasteiger partial charge in [0.05, 0.1) is 0 Å². The first kappa shape index (κ1) is 19.0. The number of nitrogens with zero attached hydrogens (tertiary/aromatic N) is 2. The molecule has 25 heavy (non-hydrogen) atoms. The zero-order chi connectivity index (χ0) is 16.6. The maximum absolute atomic E-state index is 2.66. The molecule has 1 spiro atoms. The highest BCUT2D eigenvalue weighted by Crippen LogP contribution is 2.59. The Morgan fingerprint density at radius 2 is 1.60 bits per heavy atom. The van der Waals surface area contributed by atoms with Crippen LogP contribution in [0, 0.1) is 11.3 Å². The maximum atomic E-state index is 2.66. The van der Waals surface area contributed by atoms with Crippen molar-refractivity contribution in [3.63, 3.8) is 0 Å². The van der Waals surface area contributed by atoms with Crippen LogP contribution in [0.3, 0.4) is 0 Å². The molecule has 0 atom stereocenters. The summed E-state index contributed by atoms with van der Waals surface area (Å²) in [4.78, 5) is 5.30. The van der Waals surface area contributed by atoms with Crippen molar-refractivity contribution in [3.05, 3.63) is 29.8 Å². The van der Waals surface area contributed by atoms with Crippen LogP contribution in [-0.2, 0) is 0 Å². The van der Waals surface area contributed by atoms with Crippen molar-refractivity contribution in [1.82, 2.24) is 4.90 Å². The zero-order valence-corrected chi connectivity index (χ0v) is 16.9. The quantitative estimate of drug-likeness (QED) is 0.714. The van der Waals surface area contributed by atoms with Crippen molar-refractivity contribution in [3.8, 4) is 0 Å². The molecule has 0 unspecified atom stereocenters. The predicted molar refractivity (Wildman–Crippen MR) is 110 cm³/mol. The van der Waals surface area contributed by atoms with Gasteiger partial charge >= 0.3 is 0 Å². The monoisotopic (exact) mass is 362 g/mol. The number of anilines is 1. The SMILES string of the molecule is CC(C)CN1CCN(c2ccccc2C2CCC3(CC2)CC3)CC1.Cl. The second-order valence-corrected chi connectivity index (χ2v) is 9.01. The van der Waals surface area contributed by atoms with Gasteiger partial charge in [-0.25, -0.2) is 0 Å². The largest absolute Gasteiger partial charge is 0.369 e. The Kier molecular flexibility index (Phi) is 6.00. The summed E-state index contributed by atoms with van der Waals surface area (Å²) in [6.45, 7) is 10.7. The Balaban J connectivity index is 0.00000182. The molecule has 1 saturated heterocycles. The molecule has 0 radical (unpaired) electrons. The van der Waals surface area contributed by atoms with E-state index in [9.17, 15) is 0 Å². The van der Waals surface area contributed by atoms with E-state index >= 15 is 0 Å². The van der Waals surface area contributed by atoms with E-state index in [-0.39, 0.29) is 12.4 Å². The summed E-state index contributed by atoms with van der Waals surface area (Å²) in [5.74, 6) is 1.59. The summed E-state index contributed by atoms with van der Waals surface area (Å²) in [5.41, 5.74) is 3.98. The average Bonchev–Trinajstić information content (AvgIpc) is 3.35. The molecule has 2 aliphatic carbocycles. The van der Waals surface area contributed by atoms with E-state index in [1.165, 1.54) is 71.2 Å². The molecule has 1 aromatic carbocycles. The van der Waals surface area contributed by atoms with Gasteiger partial charge in [-0.15, -0.1) is 12.4 Å². The number of rotatable bonds is 4. The summed E-state index contributed by atoms with van der Waals surface area (Å²) < 4.78 is 0. The van der Waals surface area contributed by atoms with E-state index in [1.807, 2.05) is 0 Å². The third-order valence-corrected chi connectivity index (χ3v) is 6.72. The Morgan fingerprint density at radius 1 is 0.960 bits per heavy atom. The minimum Gasteiger partial charge on any atom is -0.369 e. The summed E-state index contributed by atoms with van der Waals surface area (Å²) in [6, 6.07) is 9.31. The van der Waals surface area contributed by atoms with Crippen molar-refractivity contribution in [1.29, 1.82) is 0 Å². The first-order valence-electron chi connectivity index (χ1n) is 10.2. The van der Waals surface area contributed by atoms with E-state index < -0.39 is 0 Å². The first-order valence-corrected chi connectivity index (χ1v) is 10.2. The van der Waals surface area contributed by atoms with Crippen LogP contribution in [-0.4, -0.2) is 37.6 Å². The van der Waals surface area contributed by atoms with Gasteiger partial charge in [-0.05, 0) is 67.4 Å². The second kappa shape index (κ2) is 7.88. The molecule has 2 saturated carbocycles. The summed E-state index contributed by atoms with van der Waals surface area (Å²) in [6.07, 6.45) is 8.83. The predicted octanol–water partition coefficient (Wildman–Crippen LogP) is 5.32. The van der Waals surface area contributed by atoms with Gasteiger partial charge in [-0.1, -0.05) is 32.0 Å². The van der Waals surface area contributed by atoms with Crippen LogP contribution in [0.4, 0.5) is 5.69 Å². The molecule has 1 aliphatic heterocycles. The zero-order valence-electron chi connectivity index (χ0n) is 16.0. The number of para-hydroxylation sites is 1. The molecule has 0 aromatic heterocycles. The van der Waals surface area contributed by atoms with E-state index in [4.69, 9.17) is 0 Å². The lowest BCUT2D eigenvalue weighted by molar-refractivity contribution is 0.231. The Bertz CT molecular complexity index is 549. The fourth-order valence-corrected chi connectivity index (χ4v) is 5.03. The lowest BCUT2D eigenvalue weighted by Gasteiger charge is -2.39. The molecule has 4 rings (SSSR count). The number of piperazine rings is 1. The lowest BCUT2D eigenvalue weighted by atomic mass is 9.76. The van der Waals surface area contributed by atoms with Crippen molar-refractivity contribution >= 4 is 18.1 Å². The highest BCUT2D eigenvalue weighted by atomic mass is 35.5. The van der Waals surface area contributed by atoms with Crippen molar-refractivity contribution in [2.45, 2.75) is 58.3 Å². The van der Waals surface area contributed by atoms with Crippen molar-refractivity contribution in [2.24, 2.45) is 11.3 Å². The molecule has 0 amide bonds. The first-order chi connectivity index (χ1) is 11.7. The van der Waals surface area contributed by atoms with Gasteiger partial charge in [0.25, 0.3) is 0 Å². The van der Waals surface area contributed by atoms with Gasteiger partial charge in [0, 0.05) is 38.4 Å². The van der Waals surface area contributed by atoms with Gasteiger partial charge in [0.1, 0.15) is 0 Å². The molecule has 140 valence electrons. The Labute approximate surface area is 160 Å². The molecule has 3 heteroatoms. The molecule has 2 nitrogen and oxygen atoms in total. The lowest BCUT2D eigenvalue weighted by Crippen LogP contribution is -2.47. The van der Waals surface area contributed by atoms with Crippen LogP contribution in [0.15, 0.2) is 24.3 Å². The maximum Gasteiger partial charge on any atom is 0.0402 e. The molecule has 3 aliphatic rings. The molecule has 0 bridgehead atoms. The van der Waals surface area contributed by atoms with Crippen LogP contribution in [0.5, 0.6) is 0 Å². The van der Waals surface area contributed by atoms with E-state index in [0.717, 1.165) is 17.3 Å². The minimum absolute atomic E-state index is 0. The number of halogens is 1. The van der Waals surface area contributed by atoms with Crippen molar-refractivity contribution < 1.29 is 0 Å². The third kappa shape index (κ3) is 4.34. The van der Waals surface area contributed by atoms with Gasteiger partial charge in [-0.2, -0.15) is 0 Å². The molecule has 0 N–H and O–H groups in total. The fourth-order valence-electron chi connectivity index (χ4n) is 5.03. The Hall–Kier alpha value is -0.730. The summed E-state index contributed by atoms with van der Waals surface area (Å²) in [5, 5.41) is 0.